The zero-order valence-electron chi connectivity index (χ0n) is 14.1. The standard InChI is InChI=1S/C16H24ClN3O2Si/c1-5-15(21)18-16-13-7-6-12(17)10-14(13)20(19-16)11-22-8-9-23(2,3)4/h6-7,10H,5,8-9,11H2,1-4H3,(H,18,19,21). The molecule has 7 heteroatoms. The van der Waals surface area contributed by atoms with Crippen LogP contribution in [0.2, 0.25) is 30.7 Å². The monoisotopic (exact) mass is 353 g/mol. The summed E-state index contributed by atoms with van der Waals surface area (Å²) in [7, 11) is -1.11. The summed E-state index contributed by atoms with van der Waals surface area (Å²) in [6.07, 6.45) is 0.411. The molecule has 1 aromatic heterocycles. The number of benzene rings is 1. The highest BCUT2D eigenvalue weighted by molar-refractivity contribution is 6.76. The summed E-state index contributed by atoms with van der Waals surface area (Å²) in [6, 6.07) is 6.61. The van der Waals surface area contributed by atoms with Crippen LogP contribution in [0.3, 0.4) is 0 Å². The molecule has 1 N–H and O–H groups in total. The van der Waals surface area contributed by atoms with Crippen molar-refractivity contribution in [1.29, 1.82) is 0 Å². The van der Waals surface area contributed by atoms with Gasteiger partial charge < -0.3 is 10.1 Å². The summed E-state index contributed by atoms with van der Waals surface area (Å²) in [5.41, 5.74) is 0.858. The maximum atomic E-state index is 11.7. The second-order valence-corrected chi connectivity index (χ2v) is 12.8. The molecule has 1 aromatic carbocycles. The van der Waals surface area contributed by atoms with Crippen LogP contribution in [0.5, 0.6) is 0 Å². The van der Waals surface area contributed by atoms with Crippen molar-refractivity contribution in [2.45, 2.75) is 45.8 Å². The number of hydrogen-bond acceptors (Lipinski definition) is 3. The molecular weight excluding hydrogens is 330 g/mol. The molecule has 0 radical (unpaired) electrons. The van der Waals surface area contributed by atoms with Gasteiger partial charge in [-0.3, -0.25) is 4.79 Å². The van der Waals surface area contributed by atoms with Crippen molar-refractivity contribution in [2.75, 3.05) is 11.9 Å². The molecule has 2 aromatic rings. The molecule has 2 rings (SSSR count). The summed E-state index contributed by atoms with van der Waals surface area (Å²) in [5, 5.41) is 8.79. The van der Waals surface area contributed by atoms with Gasteiger partial charge in [0.05, 0.1) is 5.52 Å². The van der Waals surface area contributed by atoms with Gasteiger partial charge in [0.1, 0.15) is 6.73 Å². The Morgan fingerprint density at radius 3 is 2.78 bits per heavy atom. The summed E-state index contributed by atoms with van der Waals surface area (Å²) in [5.74, 6) is 0.489. The normalized spacial score (nSPS) is 11.9. The van der Waals surface area contributed by atoms with Crippen molar-refractivity contribution in [1.82, 2.24) is 9.78 Å². The van der Waals surface area contributed by atoms with Crippen LogP contribution in [0.25, 0.3) is 10.9 Å². The van der Waals surface area contributed by atoms with Crippen molar-refractivity contribution in [3.63, 3.8) is 0 Å². The average Bonchev–Trinajstić information content (AvgIpc) is 2.79. The van der Waals surface area contributed by atoms with E-state index in [1.807, 2.05) is 19.1 Å². The average molecular weight is 354 g/mol. The van der Waals surface area contributed by atoms with Crippen LogP contribution in [0.4, 0.5) is 5.82 Å². The van der Waals surface area contributed by atoms with Crippen LogP contribution in [-0.4, -0.2) is 30.4 Å². The van der Waals surface area contributed by atoms with E-state index in [-0.39, 0.29) is 5.91 Å². The van der Waals surface area contributed by atoms with Gasteiger partial charge in [0.15, 0.2) is 5.82 Å². The molecule has 0 saturated heterocycles. The van der Waals surface area contributed by atoms with Crippen molar-refractivity contribution >= 4 is 42.3 Å². The lowest BCUT2D eigenvalue weighted by molar-refractivity contribution is -0.115. The van der Waals surface area contributed by atoms with Gasteiger partial charge in [0.2, 0.25) is 5.91 Å². The molecule has 0 unspecified atom stereocenters. The van der Waals surface area contributed by atoms with Gasteiger partial charge in [-0.25, -0.2) is 4.68 Å². The largest absolute Gasteiger partial charge is 0.360 e. The van der Waals surface area contributed by atoms with Gasteiger partial charge in [-0.15, -0.1) is 0 Å². The summed E-state index contributed by atoms with van der Waals surface area (Å²) in [4.78, 5) is 11.7. The fraction of sp³-hybridized carbons (Fsp3) is 0.500. The minimum atomic E-state index is -1.11. The summed E-state index contributed by atoms with van der Waals surface area (Å²) >= 11 is 6.09. The fourth-order valence-electron chi connectivity index (χ4n) is 2.09. The SMILES string of the molecule is CCC(=O)Nc1nn(COCC[Si](C)(C)C)c2cc(Cl)ccc12. The van der Waals surface area contributed by atoms with Crippen molar-refractivity contribution in [3.8, 4) is 0 Å². The first-order valence-electron chi connectivity index (χ1n) is 7.84. The molecule has 0 spiro atoms. The molecule has 126 valence electrons. The maximum Gasteiger partial charge on any atom is 0.225 e. The second-order valence-electron chi connectivity index (χ2n) is 6.76. The molecule has 5 nitrogen and oxygen atoms in total. The minimum absolute atomic E-state index is 0.0637. The number of nitrogens with zero attached hydrogens (tertiary/aromatic N) is 2. The topological polar surface area (TPSA) is 56.2 Å². The molecule has 1 amide bonds. The van der Waals surface area contributed by atoms with E-state index in [1.165, 1.54) is 0 Å². The fourth-order valence-corrected chi connectivity index (χ4v) is 3.01. The van der Waals surface area contributed by atoms with E-state index in [0.717, 1.165) is 16.9 Å². The quantitative estimate of drug-likeness (QED) is 0.594. The Morgan fingerprint density at radius 2 is 2.13 bits per heavy atom. The maximum absolute atomic E-state index is 11.7. The Bertz CT molecular complexity index is 694. The third kappa shape index (κ3) is 5.05. The zero-order valence-corrected chi connectivity index (χ0v) is 15.9. The van der Waals surface area contributed by atoms with Crippen LogP contribution < -0.4 is 5.32 Å². The lowest BCUT2D eigenvalue weighted by Gasteiger charge is -2.15. The van der Waals surface area contributed by atoms with E-state index in [0.29, 0.717) is 30.6 Å². The summed E-state index contributed by atoms with van der Waals surface area (Å²) < 4.78 is 7.51. The number of ether oxygens (including phenoxy) is 1. The molecule has 0 fully saturated rings. The van der Waals surface area contributed by atoms with Gasteiger partial charge in [-0.1, -0.05) is 38.2 Å². The highest BCUT2D eigenvalue weighted by Crippen LogP contribution is 2.26. The van der Waals surface area contributed by atoms with Crippen LogP contribution in [0, 0.1) is 0 Å². The number of carbonyl (C=O) groups is 1. The van der Waals surface area contributed by atoms with Gasteiger partial charge in [0.25, 0.3) is 0 Å². The highest BCUT2D eigenvalue weighted by Gasteiger charge is 2.14. The number of hydrogen-bond donors (Lipinski definition) is 1. The van der Waals surface area contributed by atoms with Crippen LogP contribution in [0.15, 0.2) is 18.2 Å². The predicted molar refractivity (Wildman–Crippen MR) is 97.8 cm³/mol. The highest BCUT2D eigenvalue weighted by atomic mass is 35.5. The van der Waals surface area contributed by atoms with E-state index in [2.05, 4.69) is 30.1 Å². The first-order chi connectivity index (χ1) is 10.8. The van der Waals surface area contributed by atoms with E-state index in [4.69, 9.17) is 16.3 Å². The van der Waals surface area contributed by atoms with E-state index in [9.17, 15) is 4.79 Å². The Morgan fingerprint density at radius 1 is 1.39 bits per heavy atom. The Balaban J connectivity index is 2.18. The molecular formula is C16H24ClN3O2Si. The number of carbonyl (C=O) groups excluding carboxylic acids is 1. The first-order valence-corrected chi connectivity index (χ1v) is 11.9. The van der Waals surface area contributed by atoms with Gasteiger partial charge in [-0.2, -0.15) is 5.10 Å². The first kappa shape index (κ1) is 18.0. The molecule has 0 bridgehead atoms. The molecule has 0 saturated carbocycles. The number of aromatic nitrogens is 2. The third-order valence-corrected chi connectivity index (χ3v) is 5.44. The molecule has 0 aliphatic carbocycles. The Kier molecular flexibility index (Phi) is 5.83. The second kappa shape index (κ2) is 7.46. The Labute approximate surface area is 143 Å². The molecule has 0 aliphatic rings. The third-order valence-electron chi connectivity index (χ3n) is 3.50. The molecule has 0 atom stereocenters. The molecule has 23 heavy (non-hydrogen) atoms. The molecule has 1 heterocycles. The number of halogens is 1. The van der Waals surface area contributed by atoms with Crippen molar-refractivity contribution in [2.24, 2.45) is 0 Å². The number of rotatable bonds is 7. The lowest BCUT2D eigenvalue weighted by atomic mass is 10.2. The number of anilines is 1. The molecule has 0 aliphatic heterocycles. The Hall–Kier alpha value is -1.37. The predicted octanol–water partition coefficient (Wildman–Crippen LogP) is 4.35. The number of nitrogens with one attached hydrogen (secondary N) is 1. The van der Waals surface area contributed by atoms with Crippen LogP contribution >= 0.6 is 11.6 Å². The van der Waals surface area contributed by atoms with Crippen LogP contribution in [0.1, 0.15) is 13.3 Å². The summed E-state index contributed by atoms with van der Waals surface area (Å²) in [6.45, 7) is 9.83. The van der Waals surface area contributed by atoms with Gasteiger partial charge >= 0.3 is 0 Å². The smallest absolute Gasteiger partial charge is 0.225 e. The lowest BCUT2D eigenvalue weighted by Crippen LogP contribution is -2.22. The van der Waals surface area contributed by atoms with E-state index in [1.54, 1.807) is 10.7 Å². The van der Waals surface area contributed by atoms with E-state index >= 15 is 0 Å². The number of fused-ring (bicyclic) bond motifs is 1. The van der Waals surface area contributed by atoms with Gasteiger partial charge in [0, 0.05) is 31.5 Å². The van der Waals surface area contributed by atoms with Crippen molar-refractivity contribution < 1.29 is 9.53 Å². The van der Waals surface area contributed by atoms with E-state index < -0.39 is 8.07 Å². The van der Waals surface area contributed by atoms with Crippen LogP contribution in [-0.2, 0) is 16.3 Å². The van der Waals surface area contributed by atoms with Gasteiger partial charge in [-0.05, 0) is 24.2 Å². The minimum Gasteiger partial charge on any atom is -0.360 e. The van der Waals surface area contributed by atoms with Crippen molar-refractivity contribution in [3.05, 3.63) is 23.2 Å². The zero-order chi connectivity index (χ0) is 17.0. The number of amides is 1.